The highest BCUT2D eigenvalue weighted by molar-refractivity contribution is 7.92. The number of nitrogens with two attached hydrogens (primary N) is 1. The average molecular weight is 262 g/mol. The quantitative estimate of drug-likeness (QED) is 0.765. The fraction of sp³-hybridized carbons (Fsp3) is 0.909. The molecule has 0 spiro atoms. The summed E-state index contributed by atoms with van der Waals surface area (Å²) in [6.07, 6.45) is 3.49. The van der Waals surface area contributed by atoms with E-state index in [1.807, 2.05) is 0 Å². The summed E-state index contributed by atoms with van der Waals surface area (Å²) >= 11 is 0. The number of likely N-dealkylation sites (tertiary alicyclic amines) is 1. The Morgan fingerprint density at radius 2 is 1.88 bits per heavy atom. The predicted octanol–water partition coefficient (Wildman–Crippen LogP) is 0.151. The van der Waals surface area contributed by atoms with Crippen molar-refractivity contribution in [2.24, 2.45) is 5.73 Å². The van der Waals surface area contributed by atoms with Crippen LogP contribution < -0.4 is 5.73 Å². The van der Waals surface area contributed by atoms with Crippen LogP contribution in [0, 0.1) is 0 Å². The van der Waals surface area contributed by atoms with E-state index >= 15 is 0 Å². The van der Waals surface area contributed by atoms with E-state index in [0.29, 0.717) is 19.5 Å². The van der Waals surface area contributed by atoms with Crippen LogP contribution in [0.3, 0.4) is 0 Å². The van der Waals surface area contributed by atoms with Gasteiger partial charge < -0.3 is 10.6 Å². The Balaban J connectivity index is 2.43. The first-order chi connectivity index (χ1) is 7.91. The second-order valence-corrected chi connectivity index (χ2v) is 6.98. The SMILES string of the molecule is CC(N)CCS(=O)(=O)CC(=O)N1CCCCC1. The van der Waals surface area contributed by atoms with Gasteiger partial charge >= 0.3 is 0 Å². The molecule has 1 fully saturated rings. The van der Waals surface area contributed by atoms with Gasteiger partial charge in [-0.05, 0) is 32.6 Å². The second-order valence-electron chi connectivity index (χ2n) is 4.80. The van der Waals surface area contributed by atoms with Gasteiger partial charge in [-0.15, -0.1) is 0 Å². The molecule has 17 heavy (non-hydrogen) atoms. The zero-order valence-corrected chi connectivity index (χ0v) is 11.2. The Hall–Kier alpha value is -0.620. The zero-order valence-electron chi connectivity index (χ0n) is 10.4. The number of hydrogen-bond donors (Lipinski definition) is 1. The number of amides is 1. The minimum atomic E-state index is -3.30. The summed E-state index contributed by atoms with van der Waals surface area (Å²) in [6.45, 7) is 3.16. The molecule has 0 aromatic rings. The minimum absolute atomic E-state index is 0.00421. The van der Waals surface area contributed by atoms with E-state index in [-0.39, 0.29) is 23.5 Å². The van der Waals surface area contributed by atoms with Gasteiger partial charge in [0.25, 0.3) is 0 Å². The number of piperidine rings is 1. The van der Waals surface area contributed by atoms with Crippen molar-refractivity contribution in [3.8, 4) is 0 Å². The normalized spacial score (nSPS) is 19.1. The second kappa shape index (κ2) is 6.35. The maximum Gasteiger partial charge on any atom is 0.237 e. The van der Waals surface area contributed by atoms with Crippen LogP contribution >= 0.6 is 0 Å². The lowest BCUT2D eigenvalue weighted by molar-refractivity contribution is -0.129. The summed E-state index contributed by atoms with van der Waals surface area (Å²) in [5.41, 5.74) is 5.51. The number of rotatable bonds is 5. The zero-order chi connectivity index (χ0) is 12.9. The number of sulfone groups is 1. The first kappa shape index (κ1) is 14.4. The largest absolute Gasteiger partial charge is 0.342 e. The van der Waals surface area contributed by atoms with E-state index in [9.17, 15) is 13.2 Å². The van der Waals surface area contributed by atoms with E-state index in [0.717, 1.165) is 19.3 Å². The van der Waals surface area contributed by atoms with Crippen molar-refractivity contribution in [1.82, 2.24) is 4.90 Å². The topological polar surface area (TPSA) is 80.5 Å². The first-order valence-corrected chi connectivity index (χ1v) is 7.96. The number of hydrogen-bond acceptors (Lipinski definition) is 4. The molecule has 1 unspecified atom stereocenters. The fourth-order valence-electron chi connectivity index (χ4n) is 1.86. The lowest BCUT2D eigenvalue weighted by Gasteiger charge is -2.26. The molecule has 0 aliphatic carbocycles. The number of nitrogens with zero attached hydrogens (tertiary/aromatic N) is 1. The molecule has 0 aromatic carbocycles. The van der Waals surface area contributed by atoms with Crippen molar-refractivity contribution in [2.45, 2.75) is 38.6 Å². The Morgan fingerprint density at radius 3 is 2.41 bits per heavy atom. The van der Waals surface area contributed by atoms with E-state index in [1.54, 1.807) is 11.8 Å². The predicted molar refractivity (Wildman–Crippen MR) is 67.4 cm³/mol. The molecule has 1 saturated heterocycles. The molecule has 100 valence electrons. The molecule has 1 heterocycles. The molecule has 0 radical (unpaired) electrons. The first-order valence-electron chi connectivity index (χ1n) is 6.14. The third kappa shape index (κ3) is 5.50. The number of carbonyl (C=O) groups excluding carboxylic acids is 1. The van der Waals surface area contributed by atoms with Gasteiger partial charge in [0.2, 0.25) is 5.91 Å². The van der Waals surface area contributed by atoms with E-state index < -0.39 is 9.84 Å². The smallest absolute Gasteiger partial charge is 0.237 e. The van der Waals surface area contributed by atoms with Gasteiger partial charge in [-0.2, -0.15) is 0 Å². The summed E-state index contributed by atoms with van der Waals surface area (Å²) in [5.74, 6) is -0.612. The van der Waals surface area contributed by atoms with Gasteiger partial charge in [0.1, 0.15) is 5.75 Å². The molecule has 1 aliphatic heterocycles. The summed E-state index contributed by atoms with van der Waals surface area (Å²) < 4.78 is 23.4. The molecule has 1 atom stereocenters. The molecule has 0 aromatic heterocycles. The van der Waals surface area contributed by atoms with E-state index in [1.165, 1.54) is 0 Å². The molecular formula is C11H22N2O3S. The third-order valence-corrected chi connectivity index (χ3v) is 4.48. The van der Waals surface area contributed by atoms with Gasteiger partial charge in [0.05, 0.1) is 5.75 Å². The van der Waals surface area contributed by atoms with Crippen LogP contribution in [0.4, 0.5) is 0 Å². The molecular weight excluding hydrogens is 240 g/mol. The van der Waals surface area contributed by atoms with Gasteiger partial charge in [0, 0.05) is 19.1 Å². The number of carbonyl (C=O) groups is 1. The monoisotopic (exact) mass is 262 g/mol. The van der Waals surface area contributed by atoms with Crippen LogP contribution in [0.1, 0.15) is 32.6 Å². The Morgan fingerprint density at radius 1 is 1.29 bits per heavy atom. The van der Waals surface area contributed by atoms with Crippen LogP contribution in [-0.4, -0.2) is 49.9 Å². The highest BCUT2D eigenvalue weighted by Crippen LogP contribution is 2.10. The van der Waals surface area contributed by atoms with Crippen molar-refractivity contribution in [2.75, 3.05) is 24.6 Å². The maximum absolute atomic E-state index is 11.8. The van der Waals surface area contributed by atoms with Crippen molar-refractivity contribution in [1.29, 1.82) is 0 Å². The van der Waals surface area contributed by atoms with Gasteiger partial charge in [-0.25, -0.2) is 8.42 Å². The molecule has 1 aliphatic rings. The van der Waals surface area contributed by atoms with Crippen LogP contribution in [0.2, 0.25) is 0 Å². The summed E-state index contributed by atoms with van der Waals surface area (Å²) in [4.78, 5) is 13.4. The van der Waals surface area contributed by atoms with Crippen LogP contribution in [0.5, 0.6) is 0 Å². The average Bonchev–Trinajstić information content (AvgIpc) is 2.27. The van der Waals surface area contributed by atoms with Gasteiger partial charge in [-0.1, -0.05) is 0 Å². The summed E-state index contributed by atoms with van der Waals surface area (Å²) in [6, 6.07) is -0.144. The Kier molecular flexibility index (Phi) is 5.39. The maximum atomic E-state index is 11.8. The lowest BCUT2D eigenvalue weighted by Crippen LogP contribution is -2.39. The van der Waals surface area contributed by atoms with Crippen LogP contribution in [-0.2, 0) is 14.6 Å². The molecule has 0 saturated carbocycles. The fourth-order valence-corrected chi connectivity index (χ4v) is 3.29. The standard InChI is InChI=1S/C11H22N2O3S/c1-10(12)5-8-17(15,16)9-11(14)13-6-3-2-4-7-13/h10H,2-9,12H2,1H3. The molecule has 5 nitrogen and oxygen atoms in total. The van der Waals surface area contributed by atoms with E-state index in [2.05, 4.69) is 0 Å². The Labute approximate surface area is 103 Å². The molecule has 6 heteroatoms. The van der Waals surface area contributed by atoms with Crippen molar-refractivity contribution in [3.63, 3.8) is 0 Å². The molecule has 0 bridgehead atoms. The molecule has 1 amide bonds. The lowest BCUT2D eigenvalue weighted by atomic mass is 10.1. The van der Waals surface area contributed by atoms with Crippen LogP contribution in [0.25, 0.3) is 0 Å². The van der Waals surface area contributed by atoms with Gasteiger partial charge in [-0.3, -0.25) is 4.79 Å². The highest BCUT2D eigenvalue weighted by atomic mass is 32.2. The minimum Gasteiger partial charge on any atom is -0.342 e. The van der Waals surface area contributed by atoms with E-state index in [4.69, 9.17) is 5.73 Å². The summed E-state index contributed by atoms with van der Waals surface area (Å²) in [7, 11) is -3.30. The Bertz CT molecular complexity index is 346. The molecule has 2 N–H and O–H groups in total. The van der Waals surface area contributed by atoms with Crippen molar-refractivity contribution in [3.05, 3.63) is 0 Å². The molecule has 1 rings (SSSR count). The highest BCUT2D eigenvalue weighted by Gasteiger charge is 2.23. The van der Waals surface area contributed by atoms with Gasteiger partial charge in [0.15, 0.2) is 9.84 Å². The van der Waals surface area contributed by atoms with Crippen molar-refractivity contribution >= 4 is 15.7 Å². The van der Waals surface area contributed by atoms with Crippen molar-refractivity contribution < 1.29 is 13.2 Å². The summed E-state index contributed by atoms with van der Waals surface area (Å²) in [5, 5.41) is 0. The van der Waals surface area contributed by atoms with Crippen LogP contribution in [0.15, 0.2) is 0 Å². The third-order valence-electron chi connectivity index (χ3n) is 2.94.